The van der Waals surface area contributed by atoms with Gasteiger partial charge in [0.05, 0.1) is 18.6 Å². The van der Waals surface area contributed by atoms with Gasteiger partial charge >= 0.3 is 0 Å². The number of aromatic hydroxyl groups is 1. The number of rotatable bonds is 4. The molecule has 0 spiro atoms. The number of phenols is 1. The molecule has 2 aliphatic rings. The Morgan fingerprint density at radius 3 is 2.79 bits per heavy atom. The maximum Gasteiger partial charge on any atom is 0.257 e. The summed E-state index contributed by atoms with van der Waals surface area (Å²) in [6.07, 6.45) is 3.11. The second-order valence-electron chi connectivity index (χ2n) is 7.48. The summed E-state index contributed by atoms with van der Waals surface area (Å²) < 4.78 is 5.25. The van der Waals surface area contributed by atoms with E-state index >= 15 is 0 Å². The second-order valence-corrected chi connectivity index (χ2v) is 9.04. The molecule has 0 radical (unpaired) electrons. The Morgan fingerprint density at radius 1 is 1.28 bits per heavy atom. The molecule has 0 saturated heterocycles. The van der Waals surface area contributed by atoms with Crippen LogP contribution < -0.4 is 15.6 Å². The molecule has 1 aliphatic carbocycles. The Balaban J connectivity index is 1.93. The lowest BCUT2D eigenvalue weighted by Crippen LogP contribution is -2.38. The number of ether oxygens (including phenoxy) is 1. The van der Waals surface area contributed by atoms with E-state index in [4.69, 9.17) is 4.74 Å². The zero-order valence-corrected chi connectivity index (χ0v) is 17.3. The fourth-order valence-corrected chi connectivity index (χ4v) is 4.74. The predicted molar refractivity (Wildman–Crippen MR) is 112 cm³/mol. The molecule has 2 heterocycles. The number of hydrogen-bond acceptors (Lipinski definition) is 7. The number of nitrogens with zero attached hydrogens (tertiary/aromatic N) is 1. The number of phenolic OH excluding ortho intramolecular Hbond substituents is 1. The third kappa shape index (κ3) is 3.53. The molecule has 8 heteroatoms. The number of carbonyl (C=O) groups is 1. The quantitative estimate of drug-likeness (QED) is 0.521. The van der Waals surface area contributed by atoms with Crippen molar-refractivity contribution in [3.05, 3.63) is 51.5 Å². The highest BCUT2D eigenvalue weighted by Gasteiger charge is 2.42. The first-order chi connectivity index (χ1) is 13.9. The highest BCUT2D eigenvalue weighted by molar-refractivity contribution is 7.99. The summed E-state index contributed by atoms with van der Waals surface area (Å²) >= 11 is 1.47. The van der Waals surface area contributed by atoms with Crippen LogP contribution in [-0.2, 0) is 4.79 Å². The lowest BCUT2D eigenvalue weighted by molar-refractivity contribution is -0.122. The molecule has 1 aliphatic heterocycles. The van der Waals surface area contributed by atoms with Gasteiger partial charge in [-0.05, 0) is 24.1 Å². The molecule has 29 heavy (non-hydrogen) atoms. The van der Waals surface area contributed by atoms with Gasteiger partial charge in [0.15, 0.2) is 16.7 Å². The Hall–Kier alpha value is -2.74. The largest absolute Gasteiger partial charge is 0.504 e. The molecular weight excluding hydrogens is 390 g/mol. The first-order valence-corrected chi connectivity index (χ1v) is 10.4. The van der Waals surface area contributed by atoms with Crippen LogP contribution in [0.4, 0.5) is 5.82 Å². The molecule has 152 valence electrons. The molecule has 3 N–H and O–H groups in total. The van der Waals surface area contributed by atoms with Crippen molar-refractivity contribution in [2.45, 2.75) is 43.0 Å². The monoisotopic (exact) mass is 413 g/mol. The number of aromatic nitrogens is 2. The van der Waals surface area contributed by atoms with Gasteiger partial charge in [-0.25, -0.2) is 4.98 Å². The molecule has 1 aromatic heterocycles. The minimum Gasteiger partial charge on any atom is -0.504 e. The third-order valence-electron chi connectivity index (χ3n) is 5.19. The van der Waals surface area contributed by atoms with Crippen molar-refractivity contribution < 1.29 is 14.6 Å². The first kappa shape index (κ1) is 19.6. The van der Waals surface area contributed by atoms with Crippen molar-refractivity contribution in [3.8, 4) is 11.5 Å². The van der Waals surface area contributed by atoms with Crippen LogP contribution in [0.1, 0.15) is 43.7 Å². The van der Waals surface area contributed by atoms with E-state index in [1.807, 2.05) is 19.9 Å². The zero-order chi connectivity index (χ0) is 20.7. The molecule has 2 aromatic rings. The average Bonchev–Trinajstić information content (AvgIpc) is 2.66. The smallest absolute Gasteiger partial charge is 0.257 e. The van der Waals surface area contributed by atoms with Crippen molar-refractivity contribution in [2.75, 3.05) is 12.4 Å². The van der Waals surface area contributed by atoms with Crippen molar-refractivity contribution >= 4 is 23.4 Å². The summed E-state index contributed by atoms with van der Waals surface area (Å²) in [5.74, 6) is -0.130. The Labute approximate surface area is 172 Å². The van der Waals surface area contributed by atoms with Gasteiger partial charge in [0.25, 0.3) is 5.56 Å². The summed E-state index contributed by atoms with van der Waals surface area (Å²) in [7, 11) is 1.47. The topological polar surface area (TPSA) is 104 Å². The average molecular weight is 413 g/mol. The van der Waals surface area contributed by atoms with E-state index in [9.17, 15) is 14.7 Å². The number of nitrogens with one attached hydrogen (secondary N) is 2. The van der Waals surface area contributed by atoms with Gasteiger partial charge in [-0.2, -0.15) is 0 Å². The number of fused-ring (bicyclic) bond motifs is 2. The van der Waals surface area contributed by atoms with Crippen LogP contribution in [0.15, 0.2) is 39.9 Å². The number of aromatic amines is 1. The zero-order valence-electron chi connectivity index (χ0n) is 16.5. The van der Waals surface area contributed by atoms with Gasteiger partial charge < -0.3 is 20.1 Å². The van der Waals surface area contributed by atoms with Gasteiger partial charge in [-0.1, -0.05) is 37.8 Å². The van der Waals surface area contributed by atoms with E-state index < -0.39 is 11.8 Å². The standard InChI is InChI=1S/C21H23N3O4S/c1-10(2)29-21-23-19-18(20(27)24-21)16(11-7-8-13(25)15(9-11)28-3)17-12(22-19)5-4-6-14(17)26/h5,7-10,16-17,25H,4,6H2,1-3H3,(H2,22,23,24,27)/t16-,17-/m1/s1. The maximum absolute atomic E-state index is 13.1. The normalized spacial score (nSPS) is 20.6. The molecule has 0 unspecified atom stereocenters. The van der Waals surface area contributed by atoms with Crippen LogP contribution in [0, 0.1) is 5.92 Å². The number of anilines is 1. The van der Waals surface area contributed by atoms with Gasteiger partial charge in [-0.15, -0.1) is 0 Å². The molecule has 0 saturated carbocycles. The third-order valence-corrected chi connectivity index (χ3v) is 6.08. The van der Waals surface area contributed by atoms with E-state index in [0.717, 1.165) is 11.3 Å². The van der Waals surface area contributed by atoms with Crippen LogP contribution in [0.3, 0.4) is 0 Å². The van der Waals surface area contributed by atoms with Crippen molar-refractivity contribution in [1.82, 2.24) is 9.97 Å². The first-order valence-electron chi connectivity index (χ1n) is 9.56. The molecular formula is C21H23N3O4S. The molecule has 2 atom stereocenters. The Bertz CT molecular complexity index is 1060. The predicted octanol–water partition coefficient (Wildman–Crippen LogP) is 3.41. The highest BCUT2D eigenvalue weighted by atomic mass is 32.2. The minimum atomic E-state index is -0.505. The minimum absolute atomic E-state index is 0.00635. The number of Topliss-reactive ketones (excluding diaryl/α,β-unsaturated/α-hetero) is 1. The lowest BCUT2D eigenvalue weighted by atomic mass is 9.72. The summed E-state index contributed by atoms with van der Waals surface area (Å²) in [5, 5.41) is 14.0. The number of thioether (sulfide) groups is 1. The lowest BCUT2D eigenvalue weighted by Gasteiger charge is -2.36. The molecule has 1 aromatic carbocycles. The number of benzene rings is 1. The van der Waals surface area contributed by atoms with Gasteiger partial charge in [0, 0.05) is 23.3 Å². The molecule has 0 fully saturated rings. The van der Waals surface area contributed by atoms with Gasteiger partial charge in [-0.3, -0.25) is 9.59 Å². The van der Waals surface area contributed by atoms with Crippen molar-refractivity contribution in [1.29, 1.82) is 0 Å². The molecule has 0 bridgehead atoms. The van der Waals surface area contributed by atoms with E-state index in [0.29, 0.717) is 35.1 Å². The number of carbonyl (C=O) groups excluding carboxylic acids is 1. The summed E-state index contributed by atoms with van der Waals surface area (Å²) in [4.78, 5) is 33.5. The van der Waals surface area contributed by atoms with Crippen LogP contribution in [0.5, 0.6) is 11.5 Å². The number of methoxy groups -OCH3 is 1. The van der Waals surface area contributed by atoms with Crippen molar-refractivity contribution in [3.63, 3.8) is 0 Å². The van der Waals surface area contributed by atoms with E-state index in [-0.39, 0.29) is 22.3 Å². The number of hydrogen-bond donors (Lipinski definition) is 3. The van der Waals surface area contributed by atoms with Crippen LogP contribution in [-0.4, -0.2) is 33.2 Å². The van der Waals surface area contributed by atoms with E-state index in [1.165, 1.54) is 24.9 Å². The van der Waals surface area contributed by atoms with Crippen molar-refractivity contribution in [2.24, 2.45) is 5.92 Å². The fourth-order valence-electron chi connectivity index (χ4n) is 3.99. The fraction of sp³-hybridized carbons (Fsp3) is 0.381. The Morgan fingerprint density at radius 2 is 2.07 bits per heavy atom. The van der Waals surface area contributed by atoms with Crippen LogP contribution in [0.2, 0.25) is 0 Å². The summed E-state index contributed by atoms with van der Waals surface area (Å²) in [6.45, 7) is 4.06. The molecule has 0 amide bonds. The summed E-state index contributed by atoms with van der Waals surface area (Å²) in [5.41, 5.74) is 1.68. The Kier molecular flexibility index (Phi) is 5.12. The second kappa shape index (κ2) is 7.59. The number of H-pyrrole nitrogens is 1. The molecule has 7 nitrogen and oxygen atoms in total. The molecule has 4 rings (SSSR count). The number of ketones is 1. The number of allylic oxidation sites excluding steroid dienone is 2. The van der Waals surface area contributed by atoms with E-state index in [1.54, 1.807) is 12.1 Å². The van der Waals surface area contributed by atoms with Crippen LogP contribution >= 0.6 is 11.8 Å². The van der Waals surface area contributed by atoms with E-state index in [2.05, 4.69) is 15.3 Å². The van der Waals surface area contributed by atoms with Crippen LogP contribution in [0.25, 0.3) is 0 Å². The highest BCUT2D eigenvalue weighted by Crippen LogP contribution is 2.46. The maximum atomic E-state index is 13.1. The SMILES string of the molecule is COc1cc([C@H]2c3c(nc(SC(C)C)[nH]c3=O)NC3=CCCC(=O)[C@@H]32)ccc1O. The van der Waals surface area contributed by atoms with Gasteiger partial charge in [0.1, 0.15) is 11.6 Å². The van der Waals surface area contributed by atoms with Gasteiger partial charge in [0.2, 0.25) is 0 Å². The summed E-state index contributed by atoms with van der Waals surface area (Å²) in [6, 6.07) is 4.94.